The maximum Gasteiger partial charge on any atom is 0.240 e. The van der Waals surface area contributed by atoms with Crippen molar-refractivity contribution in [3.8, 4) is 0 Å². The van der Waals surface area contributed by atoms with E-state index in [4.69, 9.17) is 11.6 Å². The van der Waals surface area contributed by atoms with Gasteiger partial charge in [-0.25, -0.2) is 17.5 Å². The Labute approximate surface area is 130 Å². The van der Waals surface area contributed by atoms with E-state index in [0.29, 0.717) is 6.04 Å². The molecular weight excluding hydrogens is 315 g/mol. The summed E-state index contributed by atoms with van der Waals surface area (Å²) in [4.78, 5) is 2.32. The van der Waals surface area contributed by atoms with E-state index in [1.54, 1.807) is 0 Å². The zero-order valence-corrected chi connectivity index (χ0v) is 13.7. The molecule has 0 amide bonds. The number of hydrogen-bond donors (Lipinski definition) is 1. The molecule has 1 heterocycles. The van der Waals surface area contributed by atoms with Crippen molar-refractivity contribution in [1.29, 1.82) is 0 Å². The predicted octanol–water partition coefficient (Wildman–Crippen LogP) is 2.63. The van der Waals surface area contributed by atoms with Crippen molar-refractivity contribution in [2.75, 3.05) is 13.1 Å². The van der Waals surface area contributed by atoms with Crippen molar-refractivity contribution in [1.82, 2.24) is 9.62 Å². The first-order chi connectivity index (χ1) is 9.79. The molecule has 0 atom stereocenters. The molecule has 1 aromatic carbocycles. The second-order valence-corrected chi connectivity index (χ2v) is 7.72. The normalized spacial score (nSPS) is 18.3. The summed E-state index contributed by atoms with van der Waals surface area (Å²) >= 11 is 5.64. The number of nitrogens with one attached hydrogen (secondary N) is 1. The number of halogens is 2. The van der Waals surface area contributed by atoms with Crippen LogP contribution in [0.1, 0.15) is 26.7 Å². The molecule has 118 valence electrons. The van der Waals surface area contributed by atoms with Crippen molar-refractivity contribution in [3.63, 3.8) is 0 Å². The molecule has 0 bridgehead atoms. The quantitative estimate of drug-likeness (QED) is 0.921. The van der Waals surface area contributed by atoms with E-state index in [9.17, 15) is 12.8 Å². The first kappa shape index (κ1) is 16.7. The molecule has 4 nitrogen and oxygen atoms in total. The summed E-state index contributed by atoms with van der Waals surface area (Å²) in [6, 6.07) is 3.82. The van der Waals surface area contributed by atoms with Gasteiger partial charge in [0.15, 0.2) is 0 Å². The van der Waals surface area contributed by atoms with Gasteiger partial charge in [0.05, 0.1) is 9.92 Å². The summed E-state index contributed by atoms with van der Waals surface area (Å²) in [5.41, 5.74) is 0. The van der Waals surface area contributed by atoms with E-state index in [1.807, 2.05) is 0 Å². The Hall–Kier alpha value is -0.690. The summed E-state index contributed by atoms with van der Waals surface area (Å²) in [7, 11) is -3.66. The van der Waals surface area contributed by atoms with E-state index >= 15 is 0 Å². The molecule has 0 aromatic heterocycles. The molecule has 1 aromatic rings. The highest BCUT2D eigenvalue weighted by Crippen LogP contribution is 2.21. The van der Waals surface area contributed by atoms with Crippen LogP contribution in [0.5, 0.6) is 0 Å². The Balaban J connectivity index is 2.03. The van der Waals surface area contributed by atoms with E-state index in [1.165, 1.54) is 6.07 Å². The zero-order chi connectivity index (χ0) is 15.6. The van der Waals surface area contributed by atoms with Gasteiger partial charge in [-0.3, -0.25) is 0 Å². The monoisotopic (exact) mass is 334 g/mol. The first-order valence-electron chi connectivity index (χ1n) is 7.01. The van der Waals surface area contributed by atoms with Crippen LogP contribution in [0.4, 0.5) is 4.39 Å². The van der Waals surface area contributed by atoms with Gasteiger partial charge in [-0.2, -0.15) is 0 Å². The summed E-state index contributed by atoms with van der Waals surface area (Å²) in [5.74, 6) is -0.624. The van der Waals surface area contributed by atoms with Crippen LogP contribution in [0.15, 0.2) is 23.1 Å². The Morgan fingerprint density at radius 2 is 1.95 bits per heavy atom. The lowest BCUT2D eigenvalue weighted by Gasteiger charge is -2.34. The molecule has 21 heavy (non-hydrogen) atoms. The number of nitrogens with zero attached hydrogens (tertiary/aromatic N) is 1. The summed E-state index contributed by atoms with van der Waals surface area (Å²) in [6.45, 7) is 6.00. The number of benzene rings is 1. The van der Waals surface area contributed by atoms with E-state index < -0.39 is 15.8 Å². The fourth-order valence-corrected chi connectivity index (χ4v) is 4.04. The number of rotatable bonds is 4. The smallest absolute Gasteiger partial charge is 0.240 e. The maximum absolute atomic E-state index is 13.1. The SMILES string of the molecule is CC(C)N1CCC(NS(=O)(=O)c2ccc(F)c(Cl)c2)CC1. The number of hydrogen-bond acceptors (Lipinski definition) is 3. The molecule has 1 N–H and O–H groups in total. The number of likely N-dealkylation sites (tertiary alicyclic amines) is 1. The molecule has 1 saturated heterocycles. The highest BCUT2D eigenvalue weighted by atomic mass is 35.5. The maximum atomic E-state index is 13.1. The largest absolute Gasteiger partial charge is 0.301 e. The van der Waals surface area contributed by atoms with Crippen LogP contribution < -0.4 is 4.72 Å². The third kappa shape index (κ3) is 4.16. The number of piperidine rings is 1. The van der Waals surface area contributed by atoms with Gasteiger partial charge in [-0.1, -0.05) is 11.6 Å². The Morgan fingerprint density at radius 3 is 2.48 bits per heavy atom. The van der Waals surface area contributed by atoms with Crippen LogP contribution in [-0.4, -0.2) is 38.5 Å². The molecule has 7 heteroatoms. The molecular formula is C14H20ClFN2O2S. The van der Waals surface area contributed by atoms with Gasteiger partial charge >= 0.3 is 0 Å². The van der Waals surface area contributed by atoms with Gasteiger partial charge in [0, 0.05) is 12.1 Å². The first-order valence-corrected chi connectivity index (χ1v) is 8.87. The average Bonchev–Trinajstić information content (AvgIpc) is 2.42. The van der Waals surface area contributed by atoms with Gasteiger partial charge in [-0.05, 0) is 58.0 Å². The van der Waals surface area contributed by atoms with Crippen LogP contribution in [0.2, 0.25) is 5.02 Å². The molecule has 1 aliphatic rings. The minimum atomic E-state index is -3.66. The third-order valence-corrected chi connectivity index (χ3v) is 5.59. The van der Waals surface area contributed by atoms with E-state index in [2.05, 4.69) is 23.5 Å². The van der Waals surface area contributed by atoms with Gasteiger partial charge in [0.25, 0.3) is 0 Å². The third-order valence-electron chi connectivity index (χ3n) is 3.78. The average molecular weight is 335 g/mol. The van der Waals surface area contributed by atoms with E-state index in [0.717, 1.165) is 38.1 Å². The van der Waals surface area contributed by atoms with Crippen molar-refractivity contribution in [2.24, 2.45) is 0 Å². The summed E-state index contributed by atoms with van der Waals surface area (Å²) < 4.78 is 40.3. The van der Waals surface area contributed by atoms with Crippen molar-refractivity contribution in [2.45, 2.75) is 43.7 Å². The lowest BCUT2D eigenvalue weighted by atomic mass is 10.1. The van der Waals surface area contributed by atoms with Gasteiger partial charge in [0.2, 0.25) is 10.0 Å². The Bertz CT molecular complexity index is 599. The summed E-state index contributed by atoms with van der Waals surface area (Å²) in [6.07, 6.45) is 1.54. The molecule has 2 rings (SSSR count). The fourth-order valence-electron chi connectivity index (χ4n) is 2.47. The van der Waals surface area contributed by atoms with Crippen LogP contribution in [0.25, 0.3) is 0 Å². The minimum absolute atomic E-state index is 0.000175. The molecule has 0 unspecified atom stereocenters. The molecule has 0 spiro atoms. The van der Waals surface area contributed by atoms with Crippen molar-refractivity contribution in [3.05, 3.63) is 29.0 Å². The Kier molecular flexibility index (Phi) is 5.24. The topological polar surface area (TPSA) is 49.4 Å². The lowest BCUT2D eigenvalue weighted by Crippen LogP contribution is -2.46. The van der Waals surface area contributed by atoms with Gasteiger partial charge in [0.1, 0.15) is 5.82 Å². The van der Waals surface area contributed by atoms with E-state index in [-0.39, 0.29) is 16.0 Å². The molecule has 0 saturated carbocycles. The van der Waals surface area contributed by atoms with Crippen molar-refractivity contribution >= 4 is 21.6 Å². The standard InChI is InChI=1S/C14H20ClFN2O2S/c1-10(2)18-7-5-11(6-8-18)17-21(19,20)12-3-4-14(16)13(15)9-12/h3-4,9-11,17H,5-8H2,1-2H3. The second-order valence-electron chi connectivity index (χ2n) is 5.60. The fraction of sp³-hybridized carbons (Fsp3) is 0.571. The van der Waals surface area contributed by atoms with Gasteiger partial charge < -0.3 is 4.90 Å². The number of sulfonamides is 1. The highest BCUT2D eigenvalue weighted by molar-refractivity contribution is 7.89. The zero-order valence-electron chi connectivity index (χ0n) is 12.1. The Morgan fingerprint density at radius 1 is 1.33 bits per heavy atom. The summed E-state index contributed by atoms with van der Waals surface area (Å²) in [5, 5.41) is -0.187. The predicted molar refractivity (Wildman–Crippen MR) is 81.5 cm³/mol. The molecule has 1 aliphatic heterocycles. The van der Waals surface area contributed by atoms with Crippen LogP contribution in [0.3, 0.4) is 0 Å². The van der Waals surface area contributed by atoms with Crippen LogP contribution in [-0.2, 0) is 10.0 Å². The molecule has 0 radical (unpaired) electrons. The van der Waals surface area contributed by atoms with Gasteiger partial charge in [-0.15, -0.1) is 0 Å². The molecule has 0 aliphatic carbocycles. The van der Waals surface area contributed by atoms with Crippen LogP contribution >= 0.6 is 11.6 Å². The lowest BCUT2D eigenvalue weighted by molar-refractivity contribution is 0.168. The highest BCUT2D eigenvalue weighted by Gasteiger charge is 2.25. The second kappa shape index (κ2) is 6.60. The molecule has 1 fully saturated rings. The van der Waals surface area contributed by atoms with Crippen LogP contribution in [0, 0.1) is 5.82 Å². The van der Waals surface area contributed by atoms with Crippen molar-refractivity contribution < 1.29 is 12.8 Å². The minimum Gasteiger partial charge on any atom is -0.301 e.